The van der Waals surface area contributed by atoms with Crippen LogP contribution >= 0.6 is 0 Å². The molecule has 0 saturated carbocycles. The van der Waals surface area contributed by atoms with Gasteiger partial charge in [-0.25, -0.2) is 9.97 Å². The molecule has 0 radical (unpaired) electrons. The van der Waals surface area contributed by atoms with Crippen molar-refractivity contribution in [1.82, 2.24) is 19.8 Å². The highest BCUT2D eigenvalue weighted by Crippen LogP contribution is 2.27. The average molecular weight is 466 g/mol. The van der Waals surface area contributed by atoms with Gasteiger partial charge >= 0.3 is 0 Å². The maximum absolute atomic E-state index is 13.2. The van der Waals surface area contributed by atoms with Gasteiger partial charge in [0.25, 0.3) is 0 Å². The van der Waals surface area contributed by atoms with Crippen LogP contribution in [0.3, 0.4) is 0 Å². The molecule has 2 saturated heterocycles. The lowest BCUT2D eigenvalue weighted by atomic mass is 9.87. The van der Waals surface area contributed by atoms with E-state index in [1.807, 2.05) is 30.0 Å². The highest BCUT2D eigenvalue weighted by Gasteiger charge is 2.32. The summed E-state index contributed by atoms with van der Waals surface area (Å²) >= 11 is 0. The molecule has 1 amide bonds. The molecule has 4 rings (SSSR count). The topological polar surface area (TPSA) is 123 Å². The number of likely N-dealkylation sites (tertiary alicyclic amines) is 2. The number of pyridine rings is 2. The number of nitrogen functional groups attached to an aromatic ring is 2. The molecule has 2 aliphatic heterocycles. The molecule has 0 spiro atoms. The van der Waals surface area contributed by atoms with Gasteiger partial charge in [-0.1, -0.05) is 5.16 Å². The van der Waals surface area contributed by atoms with Crippen LogP contribution in [0.25, 0.3) is 0 Å². The van der Waals surface area contributed by atoms with Crippen molar-refractivity contribution in [2.75, 3.05) is 44.3 Å². The van der Waals surface area contributed by atoms with Crippen molar-refractivity contribution in [2.45, 2.75) is 39.2 Å². The number of anilines is 2. The van der Waals surface area contributed by atoms with Gasteiger partial charge in [-0.15, -0.1) is 0 Å². The summed E-state index contributed by atoms with van der Waals surface area (Å²) in [5.74, 6) is 1.66. The summed E-state index contributed by atoms with van der Waals surface area (Å²) in [4.78, 5) is 31.3. The summed E-state index contributed by atoms with van der Waals surface area (Å²) in [6.45, 7) is 6.61. The maximum atomic E-state index is 13.2. The molecule has 9 nitrogen and oxygen atoms in total. The van der Waals surface area contributed by atoms with Crippen LogP contribution in [0, 0.1) is 11.8 Å². The van der Waals surface area contributed by atoms with Crippen LogP contribution in [-0.2, 0) is 16.2 Å². The molecule has 0 atom stereocenters. The van der Waals surface area contributed by atoms with E-state index >= 15 is 0 Å². The number of oxime groups is 1. The average Bonchev–Trinajstić information content (AvgIpc) is 2.86. The van der Waals surface area contributed by atoms with Crippen LogP contribution in [0.1, 0.15) is 43.7 Å². The second-order valence-electron chi connectivity index (χ2n) is 9.10. The van der Waals surface area contributed by atoms with E-state index in [9.17, 15) is 4.79 Å². The number of carbonyl (C=O) groups excluding carboxylic acids is 1. The molecule has 4 heterocycles. The molecule has 0 aliphatic carbocycles. The predicted octanol–water partition coefficient (Wildman–Crippen LogP) is 2.53. The molecular weight excluding hydrogens is 430 g/mol. The third-order valence-corrected chi connectivity index (χ3v) is 6.76. The van der Waals surface area contributed by atoms with Crippen molar-refractivity contribution in [3.05, 3.63) is 47.8 Å². The largest absolute Gasteiger partial charge is 0.396 e. The minimum atomic E-state index is 0.105. The maximum Gasteiger partial charge on any atom is 0.225 e. The van der Waals surface area contributed by atoms with Gasteiger partial charge in [0.2, 0.25) is 5.91 Å². The quantitative estimate of drug-likeness (QED) is 0.476. The van der Waals surface area contributed by atoms with Crippen molar-refractivity contribution in [1.29, 1.82) is 0 Å². The number of nitrogens with zero attached hydrogens (tertiary/aromatic N) is 5. The molecule has 2 fully saturated rings. The lowest BCUT2D eigenvalue weighted by Gasteiger charge is -2.37. The zero-order chi connectivity index (χ0) is 23.9. The summed E-state index contributed by atoms with van der Waals surface area (Å²) in [5, 5.41) is 4.39. The van der Waals surface area contributed by atoms with Crippen molar-refractivity contribution < 1.29 is 9.63 Å². The second-order valence-corrected chi connectivity index (χ2v) is 9.10. The lowest BCUT2D eigenvalue weighted by molar-refractivity contribution is -0.138. The highest BCUT2D eigenvalue weighted by molar-refractivity contribution is 6.02. The fraction of sp³-hybridized carbons (Fsp3) is 0.520. The molecule has 2 aliphatic rings. The van der Waals surface area contributed by atoms with Crippen LogP contribution in [0.15, 0.2) is 41.8 Å². The minimum absolute atomic E-state index is 0.105. The van der Waals surface area contributed by atoms with Gasteiger partial charge in [0.15, 0.2) is 0 Å². The van der Waals surface area contributed by atoms with E-state index in [1.165, 1.54) is 5.56 Å². The van der Waals surface area contributed by atoms with Crippen LogP contribution in [0.5, 0.6) is 0 Å². The Morgan fingerprint density at radius 2 is 1.76 bits per heavy atom. The Labute approximate surface area is 201 Å². The predicted molar refractivity (Wildman–Crippen MR) is 133 cm³/mol. The standard InChI is InChI=1S/C25H35N7O2/c1-2-34-30-24(21-3-4-22(26)29-16-21)19-8-13-32(14-9-19)25(33)20-6-11-31(12-7-20)17-18-5-10-28-23(27)15-18/h3-5,10,15-16,19-20H,2,6-9,11-14,17H2,1H3,(H2,26,29)(H2,27,28). The number of amides is 1. The molecule has 34 heavy (non-hydrogen) atoms. The normalized spacial score (nSPS) is 18.7. The van der Waals surface area contributed by atoms with Gasteiger partial charge in [-0.05, 0) is 75.5 Å². The highest BCUT2D eigenvalue weighted by atomic mass is 16.6. The zero-order valence-electron chi connectivity index (χ0n) is 19.9. The summed E-state index contributed by atoms with van der Waals surface area (Å²) < 4.78 is 0. The van der Waals surface area contributed by atoms with Crippen LogP contribution in [0.4, 0.5) is 11.6 Å². The van der Waals surface area contributed by atoms with E-state index < -0.39 is 0 Å². The number of aromatic nitrogens is 2. The fourth-order valence-corrected chi connectivity index (χ4v) is 4.87. The Morgan fingerprint density at radius 3 is 2.41 bits per heavy atom. The molecule has 2 aromatic heterocycles. The van der Waals surface area contributed by atoms with E-state index in [0.29, 0.717) is 24.1 Å². The second kappa shape index (κ2) is 11.3. The third-order valence-electron chi connectivity index (χ3n) is 6.76. The van der Waals surface area contributed by atoms with Gasteiger partial charge in [0.1, 0.15) is 18.2 Å². The van der Waals surface area contributed by atoms with Crippen LogP contribution in [-0.4, -0.2) is 64.2 Å². The summed E-state index contributed by atoms with van der Waals surface area (Å²) in [5.41, 5.74) is 14.5. The molecule has 4 N–H and O–H groups in total. The molecule has 9 heteroatoms. The Bertz CT molecular complexity index is 979. The Hall–Kier alpha value is -3.20. The molecular formula is C25H35N7O2. The SMILES string of the molecule is CCON=C(c1ccc(N)nc1)C1CCN(C(=O)C2CCN(Cc3ccnc(N)c3)CC2)CC1. The number of rotatable bonds is 7. The number of nitrogens with two attached hydrogens (primary N) is 2. The van der Waals surface area contributed by atoms with Gasteiger partial charge < -0.3 is 21.2 Å². The van der Waals surface area contributed by atoms with Gasteiger partial charge in [-0.3, -0.25) is 9.69 Å². The lowest BCUT2D eigenvalue weighted by Crippen LogP contribution is -2.46. The van der Waals surface area contributed by atoms with Crippen molar-refractivity contribution in [3.63, 3.8) is 0 Å². The smallest absolute Gasteiger partial charge is 0.225 e. The van der Waals surface area contributed by atoms with Crippen LogP contribution in [0.2, 0.25) is 0 Å². The monoisotopic (exact) mass is 465 g/mol. The Morgan fingerprint density at radius 1 is 1.03 bits per heavy atom. The van der Waals surface area contributed by atoms with Gasteiger partial charge in [0, 0.05) is 49.4 Å². The van der Waals surface area contributed by atoms with E-state index in [1.54, 1.807) is 18.5 Å². The summed E-state index contributed by atoms with van der Waals surface area (Å²) in [6, 6.07) is 7.64. The fourth-order valence-electron chi connectivity index (χ4n) is 4.87. The van der Waals surface area contributed by atoms with Crippen molar-refractivity contribution in [3.8, 4) is 0 Å². The first-order valence-corrected chi connectivity index (χ1v) is 12.2. The molecule has 2 aromatic rings. The van der Waals surface area contributed by atoms with Crippen molar-refractivity contribution >= 4 is 23.3 Å². The zero-order valence-corrected chi connectivity index (χ0v) is 19.9. The molecule has 182 valence electrons. The Balaban J connectivity index is 1.29. The third kappa shape index (κ3) is 6.02. The van der Waals surface area contributed by atoms with Crippen LogP contribution < -0.4 is 11.5 Å². The van der Waals surface area contributed by atoms with E-state index in [0.717, 1.165) is 69.7 Å². The van der Waals surface area contributed by atoms with Crippen molar-refractivity contribution in [2.24, 2.45) is 17.0 Å². The minimum Gasteiger partial charge on any atom is -0.396 e. The summed E-state index contributed by atoms with van der Waals surface area (Å²) in [6.07, 6.45) is 7.02. The summed E-state index contributed by atoms with van der Waals surface area (Å²) in [7, 11) is 0. The number of hydrogen-bond donors (Lipinski definition) is 2. The molecule has 0 aromatic carbocycles. The molecule has 0 unspecified atom stereocenters. The number of hydrogen-bond acceptors (Lipinski definition) is 8. The number of piperidine rings is 2. The van der Waals surface area contributed by atoms with Gasteiger partial charge in [-0.2, -0.15) is 0 Å². The number of carbonyl (C=O) groups is 1. The molecule has 0 bridgehead atoms. The van der Waals surface area contributed by atoms with Gasteiger partial charge in [0.05, 0.1) is 5.71 Å². The first kappa shape index (κ1) is 23.9. The Kier molecular flexibility index (Phi) is 7.95. The van der Waals surface area contributed by atoms with E-state index in [2.05, 4.69) is 20.0 Å². The van der Waals surface area contributed by atoms with E-state index in [-0.39, 0.29) is 11.8 Å². The first-order valence-electron chi connectivity index (χ1n) is 12.2. The van der Waals surface area contributed by atoms with E-state index in [4.69, 9.17) is 16.3 Å². The first-order chi connectivity index (χ1) is 16.5.